The average molecular weight is 377 g/mol. The van der Waals surface area contributed by atoms with E-state index < -0.39 is 24.0 Å². The van der Waals surface area contributed by atoms with Crippen LogP contribution in [0.3, 0.4) is 0 Å². The van der Waals surface area contributed by atoms with Crippen LogP contribution in [0.2, 0.25) is 0 Å². The highest BCUT2D eigenvalue weighted by atomic mass is 19.4. The molecule has 2 saturated heterocycles. The zero-order valence-corrected chi connectivity index (χ0v) is 15.1. The number of amides is 3. The first kappa shape index (κ1) is 20.5. The number of likely N-dealkylation sites (tertiary alicyclic amines) is 2. The summed E-state index contributed by atoms with van der Waals surface area (Å²) in [5.74, 6) is -2.86. The van der Waals surface area contributed by atoms with Crippen LogP contribution in [0.25, 0.3) is 0 Å². The number of nitrogens with one attached hydrogen (secondary N) is 1. The van der Waals surface area contributed by atoms with Gasteiger partial charge in [-0.1, -0.05) is 13.8 Å². The van der Waals surface area contributed by atoms with Crippen molar-refractivity contribution in [3.8, 4) is 0 Å². The van der Waals surface area contributed by atoms with Crippen LogP contribution in [0.15, 0.2) is 0 Å². The van der Waals surface area contributed by atoms with E-state index in [2.05, 4.69) is 5.32 Å². The summed E-state index contributed by atoms with van der Waals surface area (Å²) in [7, 11) is 0. The van der Waals surface area contributed by atoms with Gasteiger partial charge < -0.3 is 15.1 Å². The smallest absolute Gasteiger partial charge is 0.344 e. The molecular weight excluding hydrogens is 351 g/mol. The van der Waals surface area contributed by atoms with Gasteiger partial charge in [-0.2, -0.15) is 13.2 Å². The topological polar surface area (TPSA) is 69.7 Å². The highest BCUT2D eigenvalue weighted by Crippen LogP contribution is 2.24. The molecule has 2 fully saturated rings. The van der Waals surface area contributed by atoms with Gasteiger partial charge in [0.1, 0.15) is 6.04 Å². The fourth-order valence-corrected chi connectivity index (χ4v) is 3.44. The molecule has 0 bridgehead atoms. The highest BCUT2D eigenvalue weighted by molar-refractivity contribution is 5.89. The van der Waals surface area contributed by atoms with E-state index in [1.165, 1.54) is 0 Å². The van der Waals surface area contributed by atoms with Crippen LogP contribution in [0.5, 0.6) is 0 Å². The number of alkyl halides is 3. The van der Waals surface area contributed by atoms with Gasteiger partial charge in [0.2, 0.25) is 11.8 Å². The fraction of sp³-hybridized carbons (Fsp3) is 0.824. The summed E-state index contributed by atoms with van der Waals surface area (Å²) in [6.45, 7) is 4.87. The van der Waals surface area contributed by atoms with Gasteiger partial charge in [-0.3, -0.25) is 14.4 Å². The first-order valence-electron chi connectivity index (χ1n) is 9.06. The Morgan fingerprint density at radius 2 is 1.50 bits per heavy atom. The lowest BCUT2D eigenvalue weighted by atomic mass is 9.94. The third kappa shape index (κ3) is 4.88. The maximum atomic E-state index is 12.6. The molecule has 1 atom stereocenters. The Morgan fingerprint density at radius 1 is 0.962 bits per heavy atom. The Bertz CT molecular complexity index is 537. The predicted molar refractivity (Wildman–Crippen MR) is 87.9 cm³/mol. The van der Waals surface area contributed by atoms with Crippen LogP contribution in [-0.2, 0) is 14.4 Å². The van der Waals surface area contributed by atoms with Gasteiger partial charge in [0.15, 0.2) is 0 Å². The Hall–Kier alpha value is -1.80. The summed E-state index contributed by atoms with van der Waals surface area (Å²) < 4.78 is 37.4. The molecule has 6 nitrogen and oxygen atoms in total. The second-order valence-electron chi connectivity index (χ2n) is 7.33. The molecule has 0 saturated carbocycles. The molecule has 0 unspecified atom stereocenters. The fourth-order valence-electron chi connectivity index (χ4n) is 3.44. The van der Waals surface area contributed by atoms with Gasteiger partial charge in [0, 0.05) is 32.1 Å². The molecule has 2 aliphatic rings. The molecule has 0 aromatic heterocycles. The maximum Gasteiger partial charge on any atom is 0.471 e. The van der Waals surface area contributed by atoms with Gasteiger partial charge in [-0.25, -0.2) is 0 Å². The van der Waals surface area contributed by atoms with Gasteiger partial charge in [0.05, 0.1) is 0 Å². The number of piperidine rings is 1. The third-order valence-electron chi connectivity index (χ3n) is 5.04. The van der Waals surface area contributed by atoms with E-state index in [9.17, 15) is 27.6 Å². The predicted octanol–water partition coefficient (Wildman–Crippen LogP) is 1.55. The number of hydrogen-bond acceptors (Lipinski definition) is 3. The zero-order valence-electron chi connectivity index (χ0n) is 15.1. The van der Waals surface area contributed by atoms with Crippen LogP contribution >= 0.6 is 0 Å². The molecular formula is C17H26F3N3O3. The molecule has 0 spiro atoms. The van der Waals surface area contributed by atoms with Crippen LogP contribution in [-0.4, -0.2) is 65.9 Å². The average Bonchev–Trinajstić information content (AvgIpc) is 3.12. The van der Waals surface area contributed by atoms with E-state index in [1.807, 2.05) is 13.8 Å². The molecule has 9 heteroatoms. The van der Waals surface area contributed by atoms with E-state index in [-0.39, 0.29) is 43.7 Å². The van der Waals surface area contributed by atoms with Gasteiger partial charge in [-0.15, -0.1) is 0 Å². The molecule has 3 amide bonds. The van der Waals surface area contributed by atoms with Gasteiger partial charge >= 0.3 is 12.1 Å². The quantitative estimate of drug-likeness (QED) is 0.808. The van der Waals surface area contributed by atoms with Crippen molar-refractivity contribution >= 4 is 17.7 Å². The molecule has 0 aromatic rings. The number of carbonyl (C=O) groups is 3. The second kappa shape index (κ2) is 8.26. The number of nitrogens with zero attached hydrogens (tertiary/aromatic N) is 2. The standard InChI is InChI=1S/C17H26F3N3O3/c1-11(2)13(15(25)22-7-3-4-8-22)21-14(24)12-5-9-23(10-6-12)16(26)17(18,19)20/h11-13H,3-10H2,1-2H3,(H,21,24)/t13-/m0/s1. The minimum absolute atomic E-state index is 0.0843. The minimum atomic E-state index is -4.89. The number of carbonyl (C=O) groups excluding carboxylic acids is 3. The summed E-state index contributed by atoms with van der Waals surface area (Å²) in [5.41, 5.74) is 0. The number of hydrogen-bond donors (Lipinski definition) is 1. The van der Waals surface area contributed by atoms with Crippen molar-refractivity contribution in [3.05, 3.63) is 0 Å². The number of halogens is 3. The van der Waals surface area contributed by atoms with E-state index in [4.69, 9.17) is 0 Å². The Balaban J connectivity index is 1.90. The van der Waals surface area contributed by atoms with E-state index >= 15 is 0 Å². The summed E-state index contributed by atoms with van der Waals surface area (Å²) in [4.78, 5) is 38.8. The van der Waals surface area contributed by atoms with Crippen molar-refractivity contribution in [2.75, 3.05) is 26.2 Å². The van der Waals surface area contributed by atoms with Crippen LogP contribution in [0, 0.1) is 11.8 Å². The maximum absolute atomic E-state index is 12.6. The Kier molecular flexibility index (Phi) is 6.52. The highest BCUT2D eigenvalue weighted by Gasteiger charge is 2.44. The molecule has 2 heterocycles. The van der Waals surface area contributed by atoms with Crippen molar-refractivity contribution in [2.45, 2.75) is 51.7 Å². The molecule has 26 heavy (non-hydrogen) atoms. The van der Waals surface area contributed by atoms with Crippen LogP contribution in [0.1, 0.15) is 39.5 Å². The molecule has 0 radical (unpaired) electrons. The summed E-state index contributed by atoms with van der Waals surface area (Å²) in [5, 5.41) is 2.78. The van der Waals surface area contributed by atoms with Gasteiger partial charge in [0.25, 0.3) is 0 Å². The van der Waals surface area contributed by atoms with Crippen molar-refractivity contribution in [1.82, 2.24) is 15.1 Å². The molecule has 2 aliphatic heterocycles. The lowest BCUT2D eigenvalue weighted by molar-refractivity contribution is -0.186. The van der Waals surface area contributed by atoms with E-state index in [0.29, 0.717) is 13.1 Å². The lowest BCUT2D eigenvalue weighted by Crippen LogP contribution is -2.53. The molecule has 2 rings (SSSR count). The summed E-state index contributed by atoms with van der Waals surface area (Å²) >= 11 is 0. The lowest BCUT2D eigenvalue weighted by Gasteiger charge is -2.33. The van der Waals surface area contributed by atoms with Crippen molar-refractivity contribution in [2.24, 2.45) is 11.8 Å². The van der Waals surface area contributed by atoms with Crippen molar-refractivity contribution in [1.29, 1.82) is 0 Å². The summed E-state index contributed by atoms with van der Waals surface area (Å²) in [6, 6.07) is -0.629. The van der Waals surface area contributed by atoms with Gasteiger partial charge in [-0.05, 0) is 31.6 Å². The molecule has 1 N–H and O–H groups in total. The molecule has 0 aromatic carbocycles. The van der Waals surface area contributed by atoms with E-state index in [1.54, 1.807) is 4.90 Å². The first-order valence-corrected chi connectivity index (χ1v) is 9.06. The van der Waals surface area contributed by atoms with Crippen LogP contribution < -0.4 is 5.32 Å². The SMILES string of the molecule is CC(C)[C@H](NC(=O)C1CCN(C(=O)C(F)(F)F)CC1)C(=O)N1CCCC1. The normalized spacial score (nSPS) is 20.4. The van der Waals surface area contributed by atoms with Crippen molar-refractivity contribution in [3.63, 3.8) is 0 Å². The number of rotatable bonds is 4. The largest absolute Gasteiger partial charge is 0.471 e. The van der Waals surface area contributed by atoms with Crippen molar-refractivity contribution < 1.29 is 27.6 Å². The monoisotopic (exact) mass is 377 g/mol. The third-order valence-corrected chi connectivity index (χ3v) is 5.04. The first-order chi connectivity index (χ1) is 12.1. The Morgan fingerprint density at radius 3 is 1.96 bits per heavy atom. The summed E-state index contributed by atoms with van der Waals surface area (Å²) in [6.07, 6.45) is -2.65. The minimum Gasteiger partial charge on any atom is -0.344 e. The van der Waals surface area contributed by atoms with Crippen LogP contribution in [0.4, 0.5) is 13.2 Å². The molecule has 0 aliphatic carbocycles. The molecule has 148 valence electrons. The van der Waals surface area contributed by atoms with E-state index in [0.717, 1.165) is 17.7 Å². The zero-order chi connectivity index (χ0) is 19.5. The second-order valence-corrected chi connectivity index (χ2v) is 7.33. The Labute approximate surface area is 151 Å².